The van der Waals surface area contributed by atoms with E-state index in [4.69, 9.17) is 0 Å². The van der Waals surface area contributed by atoms with Crippen molar-refractivity contribution in [1.29, 1.82) is 0 Å². The molecular formula is C18H27NO2. The van der Waals surface area contributed by atoms with Crippen LogP contribution in [0.3, 0.4) is 0 Å². The van der Waals surface area contributed by atoms with Gasteiger partial charge in [0.15, 0.2) is 0 Å². The first-order chi connectivity index (χ1) is 9.97. The van der Waals surface area contributed by atoms with Gasteiger partial charge in [-0.1, -0.05) is 19.9 Å². The van der Waals surface area contributed by atoms with Crippen LogP contribution in [-0.4, -0.2) is 17.1 Å². The van der Waals surface area contributed by atoms with E-state index in [0.717, 1.165) is 32.1 Å². The number of amides is 1. The average Bonchev–Trinajstić information content (AvgIpc) is 2.76. The molecule has 3 nitrogen and oxygen atoms in total. The summed E-state index contributed by atoms with van der Waals surface area (Å²) < 4.78 is 0. The molecule has 21 heavy (non-hydrogen) atoms. The number of hydrogen-bond donors (Lipinski definition) is 2. The van der Waals surface area contributed by atoms with Gasteiger partial charge < -0.3 is 10.4 Å². The summed E-state index contributed by atoms with van der Waals surface area (Å²) in [6, 6.07) is 0. The van der Waals surface area contributed by atoms with Crippen LogP contribution >= 0.6 is 0 Å². The lowest BCUT2D eigenvalue weighted by molar-refractivity contribution is -0.145. The fraction of sp³-hybridized carbons (Fsp3) is 0.833. The highest BCUT2D eigenvalue weighted by Crippen LogP contribution is 2.62. The summed E-state index contributed by atoms with van der Waals surface area (Å²) in [6.45, 7) is 4.58. The van der Waals surface area contributed by atoms with Gasteiger partial charge in [-0.15, -0.1) is 0 Å². The molecule has 4 rings (SSSR count). The first kappa shape index (κ1) is 13.8. The summed E-state index contributed by atoms with van der Waals surface area (Å²) in [6.07, 6.45) is 9.64. The van der Waals surface area contributed by atoms with Gasteiger partial charge in [0, 0.05) is 17.0 Å². The zero-order valence-corrected chi connectivity index (χ0v) is 13.2. The molecular weight excluding hydrogens is 262 g/mol. The van der Waals surface area contributed by atoms with Crippen molar-refractivity contribution in [2.45, 2.75) is 64.9 Å². The minimum absolute atomic E-state index is 0.0370. The molecule has 1 heterocycles. The number of carbonyl (C=O) groups excluding carboxylic acids is 1. The second-order valence-electron chi connectivity index (χ2n) is 8.29. The largest absolute Gasteiger partial charge is 0.393 e. The number of allylic oxidation sites excluding steroid dienone is 2. The Bertz CT molecular complexity index is 513. The van der Waals surface area contributed by atoms with Gasteiger partial charge in [0.1, 0.15) is 0 Å². The monoisotopic (exact) mass is 289 g/mol. The number of aliphatic hydroxyl groups is 1. The lowest BCUT2D eigenvalue weighted by atomic mass is 9.50. The van der Waals surface area contributed by atoms with Crippen LogP contribution in [0.1, 0.15) is 58.8 Å². The van der Waals surface area contributed by atoms with Crippen molar-refractivity contribution < 1.29 is 9.90 Å². The molecule has 0 aromatic rings. The molecule has 0 bridgehead atoms. The minimum atomic E-state index is -0.215. The van der Waals surface area contributed by atoms with E-state index >= 15 is 0 Å². The standard InChI is InChI=1S/C18H27NO2/c1-17-9-4-3-5-13(17)19-16(21)15-11-6-7-14(20)18(11,2)10-8-12(15)17/h5,11-12,14-15,20H,3-4,6-10H2,1-2H3,(H,19,21). The molecule has 1 aliphatic heterocycles. The first-order valence-electron chi connectivity index (χ1n) is 8.66. The van der Waals surface area contributed by atoms with Crippen LogP contribution in [-0.2, 0) is 4.79 Å². The van der Waals surface area contributed by atoms with Crippen molar-refractivity contribution in [3.8, 4) is 0 Å². The zero-order chi connectivity index (χ0) is 14.8. The number of fused-ring (bicyclic) bond motifs is 5. The van der Waals surface area contributed by atoms with Crippen molar-refractivity contribution in [1.82, 2.24) is 5.32 Å². The summed E-state index contributed by atoms with van der Waals surface area (Å²) >= 11 is 0. The summed E-state index contributed by atoms with van der Waals surface area (Å²) in [5, 5.41) is 13.7. The predicted molar refractivity (Wildman–Crippen MR) is 81.2 cm³/mol. The van der Waals surface area contributed by atoms with Crippen molar-refractivity contribution in [3.63, 3.8) is 0 Å². The molecule has 4 aliphatic rings. The van der Waals surface area contributed by atoms with Crippen LogP contribution in [0.2, 0.25) is 0 Å². The quantitative estimate of drug-likeness (QED) is 0.720. The Morgan fingerprint density at radius 3 is 2.81 bits per heavy atom. The van der Waals surface area contributed by atoms with Gasteiger partial charge in [0.05, 0.1) is 6.10 Å². The third-order valence-electron chi connectivity index (χ3n) is 7.46. The van der Waals surface area contributed by atoms with E-state index in [-0.39, 0.29) is 28.8 Å². The van der Waals surface area contributed by atoms with E-state index in [0.29, 0.717) is 11.8 Å². The lowest BCUT2D eigenvalue weighted by Gasteiger charge is -2.56. The Hall–Kier alpha value is -0.830. The highest BCUT2D eigenvalue weighted by Gasteiger charge is 2.61. The van der Waals surface area contributed by atoms with Crippen LogP contribution in [0.4, 0.5) is 0 Å². The van der Waals surface area contributed by atoms with Gasteiger partial charge >= 0.3 is 0 Å². The molecule has 0 aromatic heterocycles. The molecule has 2 saturated carbocycles. The van der Waals surface area contributed by atoms with Crippen molar-refractivity contribution in [3.05, 3.63) is 11.8 Å². The topological polar surface area (TPSA) is 49.3 Å². The van der Waals surface area contributed by atoms with Gasteiger partial charge in [-0.2, -0.15) is 0 Å². The Kier molecular flexibility index (Phi) is 2.86. The molecule has 2 N–H and O–H groups in total. The first-order valence-corrected chi connectivity index (χ1v) is 8.66. The molecule has 0 spiro atoms. The van der Waals surface area contributed by atoms with Gasteiger partial charge in [-0.05, 0) is 62.2 Å². The summed E-state index contributed by atoms with van der Waals surface area (Å²) in [4.78, 5) is 12.8. The van der Waals surface area contributed by atoms with Crippen LogP contribution < -0.4 is 5.32 Å². The third kappa shape index (κ3) is 1.67. The van der Waals surface area contributed by atoms with Gasteiger partial charge in [-0.3, -0.25) is 4.79 Å². The number of aliphatic hydroxyl groups excluding tert-OH is 1. The van der Waals surface area contributed by atoms with Crippen molar-refractivity contribution in [2.75, 3.05) is 0 Å². The highest BCUT2D eigenvalue weighted by molar-refractivity contribution is 5.83. The smallest absolute Gasteiger partial charge is 0.227 e. The van der Waals surface area contributed by atoms with E-state index in [1.165, 1.54) is 18.5 Å². The highest BCUT2D eigenvalue weighted by atomic mass is 16.3. The zero-order valence-electron chi connectivity index (χ0n) is 13.2. The van der Waals surface area contributed by atoms with Crippen LogP contribution in [0.25, 0.3) is 0 Å². The van der Waals surface area contributed by atoms with Gasteiger partial charge in [-0.25, -0.2) is 0 Å². The molecule has 3 heteroatoms. The third-order valence-corrected chi connectivity index (χ3v) is 7.46. The maximum Gasteiger partial charge on any atom is 0.227 e. The van der Waals surface area contributed by atoms with E-state index in [2.05, 4.69) is 25.2 Å². The fourth-order valence-electron chi connectivity index (χ4n) is 6.07. The molecule has 6 atom stereocenters. The summed E-state index contributed by atoms with van der Waals surface area (Å²) in [5.74, 6) is 1.18. The second-order valence-corrected chi connectivity index (χ2v) is 8.29. The normalized spacial score (nSPS) is 52.3. The van der Waals surface area contributed by atoms with Crippen molar-refractivity contribution >= 4 is 5.91 Å². The summed E-state index contributed by atoms with van der Waals surface area (Å²) in [5.41, 5.74) is 1.32. The lowest BCUT2D eigenvalue weighted by Crippen LogP contribution is -2.59. The number of rotatable bonds is 0. The second kappa shape index (κ2) is 4.34. The average molecular weight is 289 g/mol. The molecule has 3 fully saturated rings. The number of nitrogens with one attached hydrogen (secondary N) is 1. The van der Waals surface area contributed by atoms with Gasteiger partial charge in [0.2, 0.25) is 5.91 Å². The predicted octanol–water partition coefficient (Wildman–Crippen LogP) is 2.99. The molecule has 0 radical (unpaired) electrons. The van der Waals surface area contributed by atoms with Gasteiger partial charge in [0.25, 0.3) is 0 Å². The number of piperidine rings is 1. The van der Waals surface area contributed by atoms with E-state index < -0.39 is 0 Å². The van der Waals surface area contributed by atoms with E-state index in [1.807, 2.05) is 0 Å². The van der Waals surface area contributed by atoms with Crippen molar-refractivity contribution in [2.24, 2.45) is 28.6 Å². The SMILES string of the molecule is CC12CCCC=C1NC(=O)C1C2CCC2(C)C(O)CCC12. The Morgan fingerprint density at radius 2 is 2.00 bits per heavy atom. The molecule has 0 aromatic carbocycles. The molecule has 1 amide bonds. The molecule has 1 saturated heterocycles. The number of carbonyl (C=O) groups is 1. The molecule has 6 unspecified atom stereocenters. The van der Waals surface area contributed by atoms with Crippen LogP contribution in [0.5, 0.6) is 0 Å². The van der Waals surface area contributed by atoms with Crippen LogP contribution in [0.15, 0.2) is 11.8 Å². The fourth-order valence-corrected chi connectivity index (χ4v) is 6.07. The van der Waals surface area contributed by atoms with E-state index in [1.54, 1.807) is 0 Å². The van der Waals surface area contributed by atoms with Crippen LogP contribution in [0, 0.1) is 28.6 Å². The molecule has 116 valence electrons. The Labute approximate surface area is 127 Å². The summed E-state index contributed by atoms with van der Waals surface area (Å²) in [7, 11) is 0. The van der Waals surface area contributed by atoms with E-state index in [9.17, 15) is 9.90 Å². The Morgan fingerprint density at radius 1 is 1.19 bits per heavy atom. The Balaban J connectivity index is 1.75. The molecule has 3 aliphatic carbocycles. The maximum absolute atomic E-state index is 12.8. The minimum Gasteiger partial charge on any atom is -0.393 e. The number of hydrogen-bond acceptors (Lipinski definition) is 2. The maximum atomic E-state index is 12.8.